The lowest BCUT2D eigenvalue weighted by Gasteiger charge is -2.35. The van der Waals surface area contributed by atoms with Crippen molar-refractivity contribution in [2.75, 3.05) is 19.6 Å². The third-order valence-corrected chi connectivity index (χ3v) is 6.83. The molecule has 0 aliphatic carbocycles. The molecule has 0 amide bonds. The predicted octanol–water partition coefficient (Wildman–Crippen LogP) is 3.45. The van der Waals surface area contributed by atoms with Gasteiger partial charge in [-0.1, -0.05) is 39.0 Å². The van der Waals surface area contributed by atoms with Gasteiger partial charge < -0.3 is 9.88 Å². The monoisotopic (exact) mass is 334 g/mol. The Morgan fingerprint density at radius 1 is 1.17 bits per heavy atom. The van der Waals surface area contributed by atoms with Crippen LogP contribution in [0.3, 0.4) is 0 Å². The summed E-state index contributed by atoms with van der Waals surface area (Å²) in [5.74, 6) is 0. The maximum Gasteiger partial charge on any atom is 0.183 e. The molecule has 0 unspecified atom stereocenters. The van der Waals surface area contributed by atoms with E-state index in [1.165, 1.54) is 0 Å². The third-order valence-electron chi connectivity index (χ3n) is 4.53. The van der Waals surface area contributed by atoms with Crippen LogP contribution >= 0.6 is 0 Å². The van der Waals surface area contributed by atoms with Gasteiger partial charge in [0.15, 0.2) is 9.84 Å². The topological polar surface area (TPSA) is 53.2 Å². The maximum absolute atomic E-state index is 13.0. The first kappa shape index (κ1) is 16.5. The smallest absolute Gasteiger partial charge is 0.183 e. The Balaban J connectivity index is 1.77. The van der Waals surface area contributed by atoms with Gasteiger partial charge in [-0.3, -0.25) is 0 Å². The summed E-state index contributed by atoms with van der Waals surface area (Å²) in [4.78, 5) is 5.93. The highest BCUT2D eigenvalue weighted by Crippen LogP contribution is 2.30. The van der Waals surface area contributed by atoms with Gasteiger partial charge in [0, 0.05) is 23.6 Å². The number of para-hydroxylation sites is 1. The molecule has 1 aliphatic heterocycles. The molecule has 0 radical (unpaired) electrons. The predicted molar refractivity (Wildman–Crippen MR) is 94.4 cm³/mol. The zero-order chi connectivity index (χ0) is 16.7. The van der Waals surface area contributed by atoms with Crippen molar-refractivity contribution in [3.63, 3.8) is 0 Å². The number of nitrogens with zero attached hydrogens (tertiary/aromatic N) is 1. The molecule has 0 bridgehead atoms. The molecule has 0 spiro atoms. The van der Waals surface area contributed by atoms with Crippen molar-refractivity contribution >= 4 is 20.7 Å². The van der Waals surface area contributed by atoms with Crippen LogP contribution in [-0.2, 0) is 9.84 Å². The second-order valence-electron chi connectivity index (χ2n) is 7.78. The van der Waals surface area contributed by atoms with Gasteiger partial charge in [0.25, 0.3) is 0 Å². The van der Waals surface area contributed by atoms with E-state index in [4.69, 9.17) is 0 Å². The second-order valence-corrected chi connectivity index (χ2v) is 9.98. The number of aromatic nitrogens is 1. The molecule has 2 aromatic rings. The maximum atomic E-state index is 13.0. The summed E-state index contributed by atoms with van der Waals surface area (Å²) in [5.41, 5.74) is 1.14. The van der Waals surface area contributed by atoms with E-state index in [1.54, 1.807) is 6.20 Å². The SMILES string of the molecule is CC(C)(C)CN1CCC(S(=O)(=O)c2c[nH]c3ccccc23)CC1. The molecular formula is C18H26N2O2S. The molecule has 23 heavy (non-hydrogen) atoms. The Hall–Kier alpha value is -1.33. The molecule has 4 nitrogen and oxygen atoms in total. The molecule has 1 aromatic heterocycles. The van der Waals surface area contributed by atoms with Gasteiger partial charge in [0.05, 0.1) is 10.1 Å². The summed E-state index contributed by atoms with van der Waals surface area (Å²) >= 11 is 0. The minimum atomic E-state index is -3.27. The number of hydrogen-bond donors (Lipinski definition) is 1. The Morgan fingerprint density at radius 3 is 2.48 bits per heavy atom. The van der Waals surface area contributed by atoms with E-state index in [0.29, 0.717) is 4.90 Å². The molecule has 1 N–H and O–H groups in total. The third kappa shape index (κ3) is 3.45. The summed E-state index contributed by atoms with van der Waals surface area (Å²) < 4.78 is 26.0. The van der Waals surface area contributed by atoms with Gasteiger partial charge in [-0.25, -0.2) is 8.42 Å². The quantitative estimate of drug-likeness (QED) is 0.935. The van der Waals surface area contributed by atoms with Crippen LogP contribution in [0.2, 0.25) is 0 Å². The van der Waals surface area contributed by atoms with E-state index in [-0.39, 0.29) is 10.7 Å². The van der Waals surface area contributed by atoms with Crippen LogP contribution in [0.15, 0.2) is 35.4 Å². The van der Waals surface area contributed by atoms with Crippen molar-refractivity contribution in [2.45, 2.75) is 43.8 Å². The number of nitrogens with one attached hydrogen (secondary N) is 1. The molecule has 0 atom stereocenters. The van der Waals surface area contributed by atoms with E-state index < -0.39 is 9.84 Å². The minimum Gasteiger partial charge on any atom is -0.360 e. The van der Waals surface area contributed by atoms with Crippen molar-refractivity contribution in [1.82, 2.24) is 9.88 Å². The van der Waals surface area contributed by atoms with Crippen molar-refractivity contribution in [2.24, 2.45) is 5.41 Å². The Labute approximate surface area is 138 Å². The number of benzene rings is 1. The number of aromatic amines is 1. The van der Waals surface area contributed by atoms with Gasteiger partial charge in [-0.15, -0.1) is 0 Å². The number of sulfone groups is 1. The molecule has 1 saturated heterocycles. The number of likely N-dealkylation sites (tertiary alicyclic amines) is 1. The largest absolute Gasteiger partial charge is 0.360 e. The summed E-state index contributed by atoms with van der Waals surface area (Å²) in [5, 5.41) is 0.544. The van der Waals surface area contributed by atoms with Crippen LogP contribution in [0.5, 0.6) is 0 Å². The molecule has 1 aliphatic rings. The zero-order valence-corrected chi connectivity index (χ0v) is 15.0. The fourth-order valence-electron chi connectivity index (χ4n) is 3.51. The molecule has 3 rings (SSSR count). The molecule has 1 aromatic carbocycles. The van der Waals surface area contributed by atoms with Crippen LogP contribution in [0, 0.1) is 5.41 Å². The van der Waals surface area contributed by atoms with E-state index in [0.717, 1.165) is 43.4 Å². The van der Waals surface area contributed by atoms with Crippen molar-refractivity contribution in [3.8, 4) is 0 Å². The van der Waals surface area contributed by atoms with Crippen LogP contribution in [0.4, 0.5) is 0 Å². The van der Waals surface area contributed by atoms with Crippen molar-refractivity contribution in [3.05, 3.63) is 30.5 Å². The molecule has 2 heterocycles. The highest BCUT2D eigenvalue weighted by atomic mass is 32.2. The fraction of sp³-hybridized carbons (Fsp3) is 0.556. The Morgan fingerprint density at radius 2 is 1.83 bits per heavy atom. The highest BCUT2D eigenvalue weighted by molar-refractivity contribution is 7.92. The van der Waals surface area contributed by atoms with Crippen molar-refractivity contribution in [1.29, 1.82) is 0 Å². The van der Waals surface area contributed by atoms with Crippen molar-refractivity contribution < 1.29 is 8.42 Å². The molecule has 0 saturated carbocycles. The number of rotatable bonds is 3. The first-order valence-corrected chi connectivity index (χ1v) is 9.84. The number of fused-ring (bicyclic) bond motifs is 1. The molecule has 126 valence electrons. The second kappa shape index (κ2) is 5.95. The zero-order valence-electron chi connectivity index (χ0n) is 14.2. The van der Waals surface area contributed by atoms with Crippen LogP contribution in [0.25, 0.3) is 10.9 Å². The lowest BCUT2D eigenvalue weighted by atomic mass is 9.95. The lowest BCUT2D eigenvalue weighted by Crippen LogP contribution is -2.42. The number of hydrogen-bond acceptors (Lipinski definition) is 3. The summed E-state index contributed by atoms with van der Waals surface area (Å²) in [6.45, 7) is 9.42. The first-order valence-electron chi connectivity index (χ1n) is 8.30. The lowest BCUT2D eigenvalue weighted by molar-refractivity contribution is 0.165. The molecule has 1 fully saturated rings. The summed E-state index contributed by atoms with van der Waals surface area (Å²) in [6, 6.07) is 7.61. The van der Waals surface area contributed by atoms with Crippen LogP contribution in [-0.4, -0.2) is 43.2 Å². The Bertz CT molecular complexity index is 779. The van der Waals surface area contributed by atoms with E-state index in [9.17, 15) is 8.42 Å². The highest BCUT2D eigenvalue weighted by Gasteiger charge is 2.33. The Kier molecular flexibility index (Phi) is 4.27. The van der Waals surface area contributed by atoms with Gasteiger partial charge in [0.1, 0.15) is 0 Å². The average Bonchev–Trinajstić information content (AvgIpc) is 2.90. The normalized spacial score (nSPS) is 18.6. The van der Waals surface area contributed by atoms with E-state index >= 15 is 0 Å². The first-order chi connectivity index (χ1) is 10.8. The van der Waals surface area contributed by atoms with Crippen LogP contribution < -0.4 is 0 Å². The molecule has 5 heteroatoms. The fourth-order valence-corrected chi connectivity index (χ4v) is 5.41. The van der Waals surface area contributed by atoms with E-state index in [1.807, 2.05) is 24.3 Å². The summed E-state index contributed by atoms with van der Waals surface area (Å²) in [7, 11) is -3.27. The van der Waals surface area contributed by atoms with Crippen LogP contribution in [0.1, 0.15) is 33.6 Å². The van der Waals surface area contributed by atoms with Gasteiger partial charge in [0.2, 0.25) is 0 Å². The standard InChI is InChI=1S/C18H26N2O2S/c1-18(2,3)13-20-10-8-14(9-11-20)23(21,22)17-12-19-16-7-5-4-6-15(16)17/h4-7,12,14,19H,8-11,13H2,1-3H3. The van der Waals surface area contributed by atoms with Gasteiger partial charge >= 0.3 is 0 Å². The minimum absolute atomic E-state index is 0.253. The number of piperidine rings is 1. The number of H-pyrrole nitrogens is 1. The van der Waals surface area contributed by atoms with Gasteiger partial charge in [-0.2, -0.15) is 0 Å². The van der Waals surface area contributed by atoms with Gasteiger partial charge in [-0.05, 0) is 37.4 Å². The van der Waals surface area contributed by atoms with E-state index in [2.05, 4.69) is 30.7 Å². The molecular weight excluding hydrogens is 308 g/mol. The average molecular weight is 334 g/mol. The summed E-state index contributed by atoms with van der Waals surface area (Å²) in [6.07, 6.45) is 3.09.